The molecule has 28 heavy (non-hydrogen) atoms. The summed E-state index contributed by atoms with van der Waals surface area (Å²) in [5.41, 5.74) is 2.60. The summed E-state index contributed by atoms with van der Waals surface area (Å²) in [6, 6.07) is 18.1. The Morgan fingerprint density at radius 3 is 1.25 bits per heavy atom. The highest BCUT2D eigenvalue weighted by Gasteiger charge is 2.27. The Balaban J connectivity index is 2.31. The third kappa shape index (κ3) is 3.66. The predicted octanol–water partition coefficient (Wildman–Crippen LogP) is 5.19. The number of nitrogens with one attached hydrogen (secondary N) is 2. The molecule has 0 atom stereocenters. The second-order valence-corrected chi connectivity index (χ2v) is 6.34. The summed E-state index contributed by atoms with van der Waals surface area (Å²) in [4.78, 5) is 24.1. The molecule has 3 aromatic carbocycles. The van der Waals surface area contributed by atoms with E-state index >= 15 is 0 Å². The lowest BCUT2D eigenvalue weighted by Crippen LogP contribution is -2.15. The highest BCUT2D eigenvalue weighted by atomic mass is 16.4. The van der Waals surface area contributed by atoms with Gasteiger partial charge in [0.2, 0.25) is 0 Å². The first-order valence-electron chi connectivity index (χ1n) is 8.68. The quantitative estimate of drug-likeness (QED) is 0.473. The van der Waals surface area contributed by atoms with E-state index in [0.717, 1.165) is 0 Å². The normalized spacial score (nSPS) is 10.4. The van der Waals surface area contributed by atoms with Crippen LogP contribution in [0.25, 0.3) is 0 Å². The Labute approximate surface area is 162 Å². The van der Waals surface area contributed by atoms with Crippen molar-refractivity contribution < 1.29 is 19.8 Å². The molecule has 4 N–H and O–H groups in total. The Hall–Kier alpha value is -3.80. The second-order valence-electron chi connectivity index (χ2n) is 6.34. The summed E-state index contributed by atoms with van der Waals surface area (Å²) < 4.78 is 0. The number of hydrogen-bond acceptors (Lipinski definition) is 4. The highest BCUT2D eigenvalue weighted by Crippen LogP contribution is 2.39. The van der Waals surface area contributed by atoms with Crippen molar-refractivity contribution in [3.63, 3.8) is 0 Å². The summed E-state index contributed by atoms with van der Waals surface area (Å²) in [5.74, 6) is -2.26. The van der Waals surface area contributed by atoms with Gasteiger partial charge >= 0.3 is 11.9 Å². The van der Waals surface area contributed by atoms with Crippen LogP contribution in [0.15, 0.2) is 60.7 Å². The maximum Gasteiger partial charge on any atom is 0.338 e. The van der Waals surface area contributed by atoms with Gasteiger partial charge in [0.25, 0.3) is 0 Å². The molecule has 0 heterocycles. The molecule has 6 heteroatoms. The van der Waals surface area contributed by atoms with Crippen molar-refractivity contribution in [1.82, 2.24) is 0 Å². The van der Waals surface area contributed by atoms with Crippen LogP contribution in [-0.4, -0.2) is 22.2 Å². The van der Waals surface area contributed by atoms with Gasteiger partial charge in [-0.1, -0.05) is 36.4 Å². The highest BCUT2D eigenvalue weighted by molar-refractivity contribution is 6.09. The molecule has 3 rings (SSSR count). The third-order valence-corrected chi connectivity index (χ3v) is 4.58. The molecule has 0 bridgehead atoms. The first kappa shape index (κ1) is 19.0. The number of carboxylic acids is 2. The van der Waals surface area contributed by atoms with Crippen LogP contribution in [-0.2, 0) is 0 Å². The van der Waals surface area contributed by atoms with Crippen LogP contribution in [0.4, 0.5) is 22.7 Å². The van der Waals surface area contributed by atoms with Crippen molar-refractivity contribution in [3.05, 3.63) is 82.9 Å². The molecule has 0 saturated heterocycles. The van der Waals surface area contributed by atoms with E-state index in [1.54, 1.807) is 38.1 Å². The average Bonchev–Trinajstić information content (AvgIpc) is 2.67. The number of carboxylic acid groups (broad SMARTS) is 2. The Morgan fingerprint density at radius 2 is 0.964 bits per heavy atom. The zero-order valence-electron chi connectivity index (χ0n) is 15.5. The predicted molar refractivity (Wildman–Crippen MR) is 109 cm³/mol. The molecule has 0 aliphatic heterocycles. The van der Waals surface area contributed by atoms with Gasteiger partial charge in [-0.2, -0.15) is 0 Å². The van der Waals surface area contributed by atoms with E-state index in [0.29, 0.717) is 22.5 Å². The molecule has 0 spiro atoms. The van der Waals surface area contributed by atoms with Gasteiger partial charge < -0.3 is 20.8 Å². The van der Waals surface area contributed by atoms with Crippen LogP contribution in [0, 0.1) is 13.8 Å². The lowest BCUT2D eigenvalue weighted by Gasteiger charge is -2.22. The second kappa shape index (κ2) is 7.84. The first-order valence-corrected chi connectivity index (χ1v) is 8.68. The van der Waals surface area contributed by atoms with Gasteiger partial charge in [-0.3, -0.25) is 0 Å². The minimum absolute atomic E-state index is 0.0322. The number of benzene rings is 3. The van der Waals surface area contributed by atoms with Crippen LogP contribution >= 0.6 is 0 Å². The fraction of sp³-hybridized carbons (Fsp3) is 0.0909. The Kier molecular flexibility index (Phi) is 5.31. The van der Waals surface area contributed by atoms with Crippen molar-refractivity contribution in [2.45, 2.75) is 13.8 Å². The molecule has 0 amide bonds. The molecule has 142 valence electrons. The molecule has 0 aliphatic carbocycles. The zero-order valence-corrected chi connectivity index (χ0v) is 15.5. The van der Waals surface area contributed by atoms with E-state index in [9.17, 15) is 19.8 Å². The summed E-state index contributed by atoms with van der Waals surface area (Å²) in [7, 11) is 0. The number of anilines is 4. The molecular formula is C22H20N2O4. The smallest absolute Gasteiger partial charge is 0.338 e. The first-order chi connectivity index (χ1) is 13.4. The molecule has 0 unspecified atom stereocenters. The van der Waals surface area contributed by atoms with Crippen LogP contribution < -0.4 is 10.6 Å². The molecule has 0 saturated carbocycles. The van der Waals surface area contributed by atoms with Crippen molar-refractivity contribution in [3.8, 4) is 0 Å². The van der Waals surface area contributed by atoms with Crippen LogP contribution in [0.2, 0.25) is 0 Å². The van der Waals surface area contributed by atoms with Crippen LogP contribution in [0.1, 0.15) is 31.8 Å². The molecule has 0 radical (unpaired) electrons. The number of para-hydroxylation sites is 2. The van der Waals surface area contributed by atoms with E-state index in [4.69, 9.17) is 0 Å². The van der Waals surface area contributed by atoms with Gasteiger partial charge in [-0.25, -0.2) is 9.59 Å². The summed E-state index contributed by atoms with van der Waals surface area (Å²) >= 11 is 0. The van der Waals surface area contributed by atoms with Gasteiger partial charge in [-0.15, -0.1) is 0 Å². The summed E-state index contributed by atoms with van der Waals surface area (Å²) in [5, 5.41) is 25.9. The summed E-state index contributed by atoms with van der Waals surface area (Å²) in [6.07, 6.45) is 0. The lowest BCUT2D eigenvalue weighted by molar-refractivity contribution is 0.0681. The fourth-order valence-corrected chi connectivity index (χ4v) is 3.12. The minimum Gasteiger partial charge on any atom is -0.478 e. The molecule has 3 aromatic rings. The maximum atomic E-state index is 12.1. The Bertz CT molecular complexity index is 947. The molecule has 0 aliphatic rings. The van der Waals surface area contributed by atoms with Crippen molar-refractivity contribution in [2.24, 2.45) is 0 Å². The topological polar surface area (TPSA) is 98.7 Å². The molecule has 0 aromatic heterocycles. The molecule has 6 nitrogen and oxygen atoms in total. The van der Waals surface area contributed by atoms with E-state index in [-0.39, 0.29) is 22.5 Å². The van der Waals surface area contributed by atoms with Crippen molar-refractivity contribution >= 4 is 34.7 Å². The van der Waals surface area contributed by atoms with Crippen LogP contribution in [0.3, 0.4) is 0 Å². The van der Waals surface area contributed by atoms with Gasteiger partial charge in [0.1, 0.15) is 0 Å². The molecular weight excluding hydrogens is 356 g/mol. The zero-order chi connectivity index (χ0) is 20.3. The van der Waals surface area contributed by atoms with Crippen LogP contribution in [0.5, 0.6) is 0 Å². The van der Waals surface area contributed by atoms with Crippen molar-refractivity contribution in [1.29, 1.82) is 0 Å². The van der Waals surface area contributed by atoms with E-state index in [1.165, 1.54) is 0 Å². The number of carbonyl (C=O) groups is 2. The average molecular weight is 376 g/mol. The van der Waals surface area contributed by atoms with E-state index in [1.807, 2.05) is 36.4 Å². The van der Waals surface area contributed by atoms with Gasteiger partial charge in [-0.05, 0) is 49.2 Å². The Morgan fingerprint density at radius 1 is 0.643 bits per heavy atom. The summed E-state index contributed by atoms with van der Waals surface area (Å²) in [6.45, 7) is 3.24. The third-order valence-electron chi connectivity index (χ3n) is 4.58. The lowest BCUT2D eigenvalue weighted by atomic mass is 9.93. The SMILES string of the molecule is Cc1c(C)c(C(=O)O)c(Nc2ccccc2)c(Nc2ccccc2)c1C(=O)O. The van der Waals surface area contributed by atoms with E-state index in [2.05, 4.69) is 10.6 Å². The van der Waals surface area contributed by atoms with Gasteiger partial charge in [0, 0.05) is 11.4 Å². The van der Waals surface area contributed by atoms with E-state index < -0.39 is 11.9 Å². The number of rotatable bonds is 6. The maximum absolute atomic E-state index is 12.1. The number of aromatic carboxylic acids is 2. The monoisotopic (exact) mass is 376 g/mol. The van der Waals surface area contributed by atoms with Gasteiger partial charge in [0.05, 0.1) is 22.5 Å². The fourth-order valence-electron chi connectivity index (χ4n) is 3.12. The van der Waals surface area contributed by atoms with Crippen molar-refractivity contribution in [2.75, 3.05) is 10.6 Å². The van der Waals surface area contributed by atoms with Gasteiger partial charge in [0.15, 0.2) is 0 Å². The largest absolute Gasteiger partial charge is 0.478 e. The minimum atomic E-state index is -1.13. The number of hydrogen-bond donors (Lipinski definition) is 4. The molecule has 0 fully saturated rings. The standard InChI is InChI=1S/C22H20N2O4/c1-13-14(2)18(22(27)28)20(24-16-11-7-4-8-12-16)19(17(13)21(25)26)23-15-9-5-3-6-10-15/h3-12,23-24H,1-2H3,(H,25,26)(H,27,28).